The van der Waals surface area contributed by atoms with Gasteiger partial charge >= 0.3 is 0 Å². The van der Waals surface area contributed by atoms with E-state index in [4.69, 9.17) is 4.42 Å². The molecule has 0 spiro atoms. The molecule has 144 valence electrons. The number of para-hydroxylation sites is 1. The van der Waals surface area contributed by atoms with Crippen molar-refractivity contribution in [3.8, 4) is 0 Å². The van der Waals surface area contributed by atoms with Crippen LogP contribution >= 0.6 is 0 Å². The molecule has 5 heteroatoms. The zero-order chi connectivity index (χ0) is 19.3. The molecular formula is C23H24N2O3. The van der Waals surface area contributed by atoms with Crippen LogP contribution in [-0.4, -0.2) is 53.5 Å². The fourth-order valence-electron chi connectivity index (χ4n) is 3.49. The monoisotopic (exact) mass is 376 g/mol. The highest BCUT2D eigenvalue weighted by molar-refractivity contribution is 5.91. The summed E-state index contributed by atoms with van der Waals surface area (Å²) in [5.41, 5.74) is 1.81. The number of amides is 1. The summed E-state index contributed by atoms with van der Waals surface area (Å²) in [6.07, 6.45) is 2.81. The number of fused-ring (bicyclic) bond motifs is 1. The van der Waals surface area contributed by atoms with Crippen molar-refractivity contribution in [1.82, 2.24) is 9.80 Å². The Kier molecular flexibility index (Phi) is 5.55. The highest BCUT2D eigenvalue weighted by atomic mass is 16.4. The van der Waals surface area contributed by atoms with Crippen molar-refractivity contribution in [3.05, 3.63) is 78.1 Å². The maximum atomic E-state index is 12.4. The Morgan fingerprint density at radius 2 is 1.75 bits per heavy atom. The van der Waals surface area contributed by atoms with Crippen molar-refractivity contribution in [2.24, 2.45) is 0 Å². The van der Waals surface area contributed by atoms with Crippen LogP contribution in [0.15, 0.2) is 71.2 Å². The molecule has 0 bridgehead atoms. The predicted molar refractivity (Wildman–Crippen MR) is 110 cm³/mol. The number of hydrogen-bond acceptors (Lipinski definition) is 4. The first kappa shape index (κ1) is 18.5. The molecule has 28 heavy (non-hydrogen) atoms. The predicted octanol–water partition coefficient (Wildman–Crippen LogP) is 3.32. The first-order chi connectivity index (χ1) is 13.7. The van der Waals surface area contributed by atoms with Gasteiger partial charge in [-0.2, -0.15) is 0 Å². The highest BCUT2D eigenvalue weighted by Crippen LogP contribution is 2.24. The van der Waals surface area contributed by atoms with Crippen LogP contribution < -0.4 is 0 Å². The third-order valence-electron chi connectivity index (χ3n) is 5.11. The first-order valence-corrected chi connectivity index (χ1v) is 9.60. The summed E-state index contributed by atoms with van der Waals surface area (Å²) in [7, 11) is 0. The minimum Gasteiger partial charge on any atom is -0.458 e. The Morgan fingerprint density at radius 1 is 1.04 bits per heavy atom. The lowest BCUT2D eigenvalue weighted by Crippen LogP contribution is -2.49. The summed E-state index contributed by atoms with van der Waals surface area (Å²) in [6.45, 7) is 3.29. The van der Waals surface area contributed by atoms with Crippen molar-refractivity contribution >= 4 is 23.0 Å². The standard InChI is InChI=1S/C23H24N2O3/c26-20(22-16-19-8-4-5-9-21(19)28-22)17-24-12-14-25(15-13-24)23(27)11-10-18-6-2-1-3-7-18/h1-11,16,20,26H,12-15,17H2. The average molecular weight is 376 g/mol. The van der Waals surface area contributed by atoms with E-state index in [0.717, 1.165) is 29.6 Å². The van der Waals surface area contributed by atoms with Gasteiger partial charge in [0, 0.05) is 44.2 Å². The molecule has 1 fully saturated rings. The molecule has 1 N–H and O–H groups in total. The largest absolute Gasteiger partial charge is 0.458 e. The van der Waals surface area contributed by atoms with Gasteiger partial charge in [-0.15, -0.1) is 0 Å². The molecule has 1 amide bonds. The summed E-state index contributed by atoms with van der Waals surface area (Å²) >= 11 is 0. The topological polar surface area (TPSA) is 56.9 Å². The normalized spacial score (nSPS) is 16.7. The number of furan rings is 1. The minimum atomic E-state index is -0.673. The second-order valence-electron chi connectivity index (χ2n) is 7.07. The molecule has 1 unspecified atom stereocenters. The van der Waals surface area contributed by atoms with Crippen molar-refractivity contribution in [2.75, 3.05) is 32.7 Å². The van der Waals surface area contributed by atoms with Gasteiger partial charge in [0.1, 0.15) is 17.4 Å². The first-order valence-electron chi connectivity index (χ1n) is 9.60. The van der Waals surface area contributed by atoms with E-state index in [1.807, 2.05) is 71.6 Å². The Balaban J connectivity index is 1.29. The molecule has 3 aromatic rings. The molecule has 1 aromatic heterocycles. The van der Waals surface area contributed by atoms with Gasteiger partial charge in [-0.3, -0.25) is 9.69 Å². The van der Waals surface area contributed by atoms with Crippen molar-refractivity contribution < 1.29 is 14.3 Å². The van der Waals surface area contributed by atoms with Gasteiger partial charge in [0.15, 0.2) is 0 Å². The lowest BCUT2D eigenvalue weighted by molar-refractivity contribution is -0.127. The number of carbonyl (C=O) groups is 1. The molecule has 4 rings (SSSR count). The van der Waals surface area contributed by atoms with E-state index >= 15 is 0 Å². The number of aliphatic hydroxyl groups excluding tert-OH is 1. The maximum Gasteiger partial charge on any atom is 0.246 e. The Bertz CT molecular complexity index is 923. The number of nitrogens with zero attached hydrogens (tertiary/aromatic N) is 2. The van der Waals surface area contributed by atoms with Crippen molar-refractivity contribution in [1.29, 1.82) is 0 Å². The number of piperazine rings is 1. The Morgan fingerprint density at radius 3 is 2.50 bits per heavy atom. The van der Waals surface area contributed by atoms with Gasteiger partial charge in [0.2, 0.25) is 5.91 Å². The number of rotatable bonds is 5. The lowest BCUT2D eigenvalue weighted by atomic mass is 10.2. The van der Waals surface area contributed by atoms with E-state index in [2.05, 4.69) is 4.90 Å². The van der Waals surface area contributed by atoms with Gasteiger partial charge in [0.05, 0.1) is 0 Å². The van der Waals surface area contributed by atoms with Gasteiger partial charge < -0.3 is 14.4 Å². The van der Waals surface area contributed by atoms with Crippen LogP contribution in [-0.2, 0) is 4.79 Å². The van der Waals surface area contributed by atoms with E-state index in [1.165, 1.54) is 0 Å². The number of β-amino-alcohol motifs (C(OH)–C–C–N with tert-alkyl or cyclic N) is 1. The van der Waals surface area contributed by atoms with Gasteiger partial charge in [-0.1, -0.05) is 48.5 Å². The maximum absolute atomic E-state index is 12.4. The summed E-state index contributed by atoms with van der Waals surface area (Å²) < 4.78 is 5.75. The van der Waals surface area contributed by atoms with Crippen LogP contribution in [0.1, 0.15) is 17.4 Å². The van der Waals surface area contributed by atoms with Crippen LogP contribution in [0.5, 0.6) is 0 Å². The fourth-order valence-corrected chi connectivity index (χ4v) is 3.49. The Labute approximate surface area is 164 Å². The van der Waals surface area contributed by atoms with E-state index < -0.39 is 6.10 Å². The van der Waals surface area contributed by atoms with Crippen LogP contribution in [0, 0.1) is 0 Å². The van der Waals surface area contributed by atoms with E-state index in [9.17, 15) is 9.90 Å². The SMILES string of the molecule is O=C(C=Cc1ccccc1)N1CCN(CC(O)c2cc3ccccc3o2)CC1. The van der Waals surface area contributed by atoms with Crippen molar-refractivity contribution in [3.63, 3.8) is 0 Å². The number of hydrogen-bond donors (Lipinski definition) is 1. The second kappa shape index (κ2) is 8.42. The minimum absolute atomic E-state index is 0.0290. The van der Waals surface area contributed by atoms with Crippen LogP contribution in [0.4, 0.5) is 0 Å². The molecule has 2 heterocycles. The van der Waals surface area contributed by atoms with Gasteiger partial charge in [0.25, 0.3) is 0 Å². The third-order valence-corrected chi connectivity index (χ3v) is 5.11. The summed E-state index contributed by atoms with van der Waals surface area (Å²) in [6, 6.07) is 19.5. The molecule has 1 aliphatic rings. The Hall–Kier alpha value is -2.89. The van der Waals surface area contributed by atoms with Gasteiger partial charge in [-0.05, 0) is 23.8 Å². The summed E-state index contributed by atoms with van der Waals surface area (Å²) in [5, 5.41) is 11.5. The molecule has 1 aliphatic heterocycles. The molecule has 0 radical (unpaired) electrons. The highest BCUT2D eigenvalue weighted by Gasteiger charge is 2.23. The lowest BCUT2D eigenvalue weighted by Gasteiger charge is -2.34. The van der Waals surface area contributed by atoms with Crippen LogP contribution in [0.25, 0.3) is 17.0 Å². The molecule has 5 nitrogen and oxygen atoms in total. The van der Waals surface area contributed by atoms with E-state index in [0.29, 0.717) is 25.4 Å². The summed E-state index contributed by atoms with van der Waals surface area (Å²) in [5.74, 6) is 0.617. The smallest absolute Gasteiger partial charge is 0.246 e. The zero-order valence-electron chi connectivity index (χ0n) is 15.7. The molecule has 1 atom stereocenters. The molecule has 2 aromatic carbocycles. The third kappa shape index (κ3) is 4.32. The quantitative estimate of drug-likeness (QED) is 0.694. The van der Waals surface area contributed by atoms with Crippen LogP contribution in [0.2, 0.25) is 0 Å². The van der Waals surface area contributed by atoms with E-state index in [1.54, 1.807) is 6.08 Å². The number of aliphatic hydroxyl groups is 1. The van der Waals surface area contributed by atoms with Crippen LogP contribution in [0.3, 0.4) is 0 Å². The zero-order valence-corrected chi connectivity index (χ0v) is 15.7. The molecule has 0 saturated carbocycles. The molecule has 0 aliphatic carbocycles. The summed E-state index contributed by atoms with van der Waals surface area (Å²) in [4.78, 5) is 16.4. The second-order valence-corrected chi connectivity index (χ2v) is 7.07. The van der Waals surface area contributed by atoms with Gasteiger partial charge in [-0.25, -0.2) is 0 Å². The average Bonchev–Trinajstić information content (AvgIpc) is 3.18. The fraction of sp³-hybridized carbons (Fsp3) is 0.261. The molecule has 1 saturated heterocycles. The van der Waals surface area contributed by atoms with E-state index in [-0.39, 0.29) is 5.91 Å². The molecular weight excluding hydrogens is 352 g/mol. The number of benzene rings is 2. The van der Waals surface area contributed by atoms with Crippen molar-refractivity contribution in [2.45, 2.75) is 6.10 Å². The number of carbonyl (C=O) groups excluding carboxylic acids is 1.